The van der Waals surface area contributed by atoms with Crippen molar-refractivity contribution in [3.8, 4) is 11.6 Å². The number of amides is 1. The van der Waals surface area contributed by atoms with E-state index in [4.69, 9.17) is 28.6 Å². The highest BCUT2D eigenvalue weighted by Gasteiger charge is 2.34. The molecule has 3 aromatic rings. The van der Waals surface area contributed by atoms with Crippen LogP contribution in [0.5, 0.6) is 11.6 Å². The number of hydrogen-bond acceptors (Lipinski definition) is 6. The Morgan fingerprint density at radius 1 is 1.19 bits per heavy atom. The Labute approximate surface area is 193 Å². The van der Waals surface area contributed by atoms with E-state index in [2.05, 4.69) is 4.98 Å². The molecule has 2 aromatic heterocycles. The predicted octanol–water partition coefficient (Wildman–Crippen LogP) is 5.06. The van der Waals surface area contributed by atoms with Gasteiger partial charge in [-0.1, -0.05) is 53.8 Å². The molecule has 0 aliphatic carbocycles. The van der Waals surface area contributed by atoms with E-state index in [9.17, 15) is 9.59 Å². The third kappa shape index (κ3) is 3.98. The standard InChI is InChI=1S/C22H18ClN3O3S2/c1-12(2)26-21(28)17(31-22(26)30)11-14-19(29-16-9-5-4-8-15(16)23)24-18-13(3)7-6-10-25(18)20(14)27/h4-12H,1-3H3/b17-11-. The third-order valence-corrected chi connectivity index (χ3v) is 6.35. The first kappa shape index (κ1) is 21.5. The van der Waals surface area contributed by atoms with Crippen molar-refractivity contribution in [1.29, 1.82) is 0 Å². The summed E-state index contributed by atoms with van der Waals surface area (Å²) in [6.07, 6.45) is 3.13. The highest BCUT2D eigenvalue weighted by molar-refractivity contribution is 8.26. The van der Waals surface area contributed by atoms with E-state index in [1.165, 1.54) is 15.4 Å². The van der Waals surface area contributed by atoms with Crippen molar-refractivity contribution in [2.75, 3.05) is 0 Å². The van der Waals surface area contributed by atoms with Crippen LogP contribution in [0.3, 0.4) is 0 Å². The lowest BCUT2D eigenvalue weighted by atomic mass is 10.2. The van der Waals surface area contributed by atoms with Gasteiger partial charge in [-0.15, -0.1) is 0 Å². The smallest absolute Gasteiger partial charge is 0.269 e. The van der Waals surface area contributed by atoms with E-state index in [1.807, 2.05) is 26.8 Å². The molecule has 0 saturated carbocycles. The van der Waals surface area contributed by atoms with Gasteiger partial charge < -0.3 is 4.74 Å². The van der Waals surface area contributed by atoms with E-state index in [1.54, 1.807) is 36.5 Å². The molecular weight excluding hydrogens is 454 g/mol. The zero-order chi connectivity index (χ0) is 22.3. The van der Waals surface area contributed by atoms with E-state index in [0.29, 0.717) is 25.6 Å². The predicted molar refractivity (Wildman–Crippen MR) is 128 cm³/mol. The van der Waals surface area contributed by atoms with Gasteiger partial charge in [0, 0.05) is 12.2 Å². The van der Waals surface area contributed by atoms with Crippen LogP contribution in [0.4, 0.5) is 0 Å². The molecule has 1 aliphatic heterocycles. The number of benzene rings is 1. The molecule has 1 aromatic carbocycles. The van der Waals surface area contributed by atoms with Crippen LogP contribution >= 0.6 is 35.6 Å². The molecule has 31 heavy (non-hydrogen) atoms. The van der Waals surface area contributed by atoms with Crippen LogP contribution in [0.1, 0.15) is 25.0 Å². The minimum Gasteiger partial charge on any atom is -0.437 e. The summed E-state index contributed by atoms with van der Waals surface area (Å²) in [5, 5.41) is 0.381. The first-order valence-corrected chi connectivity index (χ1v) is 11.1. The highest BCUT2D eigenvalue weighted by atomic mass is 35.5. The number of aryl methyl sites for hydroxylation is 1. The zero-order valence-corrected chi connectivity index (χ0v) is 19.3. The minimum atomic E-state index is -0.356. The molecule has 3 heterocycles. The average Bonchev–Trinajstić information content (AvgIpc) is 3.00. The fraction of sp³-hybridized carbons (Fsp3) is 0.182. The lowest BCUT2D eigenvalue weighted by Gasteiger charge is -2.18. The van der Waals surface area contributed by atoms with Gasteiger partial charge in [-0.2, -0.15) is 4.98 Å². The molecular formula is C22H18ClN3O3S2. The Kier molecular flexibility index (Phi) is 5.88. The number of hydrogen-bond donors (Lipinski definition) is 0. The van der Waals surface area contributed by atoms with E-state index >= 15 is 0 Å². The second-order valence-electron chi connectivity index (χ2n) is 7.20. The molecule has 0 bridgehead atoms. The van der Waals surface area contributed by atoms with Crippen LogP contribution in [-0.2, 0) is 4.79 Å². The molecule has 0 unspecified atom stereocenters. The average molecular weight is 472 g/mol. The van der Waals surface area contributed by atoms with Crippen LogP contribution < -0.4 is 10.3 Å². The van der Waals surface area contributed by atoms with Crippen LogP contribution in [0, 0.1) is 6.92 Å². The molecule has 0 radical (unpaired) electrons. The Morgan fingerprint density at radius 2 is 1.94 bits per heavy atom. The van der Waals surface area contributed by atoms with Gasteiger partial charge in [-0.05, 0) is 50.6 Å². The van der Waals surface area contributed by atoms with E-state index in [-0.39, 0.29) is 29.0 Å². The Hall–Kier alpha value is -2.68. The van der Waals surface area contributed by atoms with Crippen molar-refractivity contribution in [1.82, 2.24) is 14.3 Å². The molecule has 1 saturated heterocycles. The monoisotopic (exact) mass is 471 g/mol. The largest absolute Gasteiger partial charge is 0.437 e. The van der Waals surface area contributed by atoms with Crippen molar-refractivity contribution >= 4 is 57.5 Å². The molecule has 158 valence electrons. The first-order valence-electron chi connectivity index (χ1n) is 9.49. The first-order chi connectivity index (χ1) is 14.8. The van der Waals surface area contributed by atoms with Crippen molar-refractivity contribution in [2.45, 2.75) is 26.8 Å². The van der Waals surface area contributed by atoms with Crippen LogP contribution in [-0.4, -0.2) is 30.6 Å². The maximum absolute atomic E-state index is 13.4. The maximum Gasteiger partial charge on any atom is 0.269 e. The van der Waals surface area contributed by atoms with E-state index < -0.39 is 0 Å². The molecule has 4 rings (SSSR count). The molecule has 1 fully saturated rings. The van der Waals surface area contributed by atoms with E-state index in [0.717, 1.165) is 17.3 Å². The van der Waals surface area contributed by atoms with Gasteiger partial charge in [-0.25, -0.2) is 0 Å². The number of carbonyl (C=O) groups is 1. The number of nitrogens with zero attached hydrogens (tertiary/aromatic N) is 3. The molecule has 0 spiro atoms. The molecule has 9 heteroatoms. The van der Waals surface area contributed by atoms with Gasteiger partial charge in [0.1, 0.15) is 21.3 Å². The summed E-state index contributed by atoms with van der Waals surface area (Å²) in [6, 6.07) is 10.5. The third-order valence-electron chi connectivity index (χ3n) is 4.71. The molecule has 6 nitrogen and oxygen atoms in total. The fourth-order valence-corrected chi connectivity index (χ4v) is 4.86. The Morgan fingerprint density at radius 3 is 2.61 bits per heavy atom. The summed E-state index contributed by atoms with van der Waals surface area (Å²) in [4.78, 5) is 32.7. The minimum absolute atomic E-state index is 0.0715. The Bertz CT molecular complexity index is 1320. The van der Waals surface area contributed by atoms with Gasteiger partial charge in [0.25, 0.3) is 11.5 Å². The quantitative estimate of drug-likeness (QED) is 0.391. The second kappa shape index (κ2) is 8.45. The summed E-state index contributed by atoms with van der Waals surface area (Å²) in [7, 11) is 0. The number of pyridine rings is 1. The Balaban J connectivity index is 1.92. The van der Waals surface area contributed by atoms with Crippen molar-refractivity contribution in [3.05, 3.63) is 74.0 Å². The fourth-order valence-electron chi connectivity index (χ4n) is 3.18. The number of thioether (sulfide) groups is 1. The summed E-state index contributed by atoms with van der Waals surface area (Å²) in [6.45, 7) is 5.62. The number of rotatable bonds is 4. The summed E-state index contributed by atoms with van der Waals surface area (Å²) in [5.41, 5.74) is 1.06. The van der Waals surface area contributed by atoms with Gasteiger partial charge >= 0.3 is 0 Å². The van der Waals surface area contributed by atoms with Gasteiger partial charge in [-0.3, -0.25) is 18.9 Å². The number of carbonyl (C=O) groups excluding carboxylic acids is 1. The van der Waals surface area contributed by atoms with Crippen molar-refractivity contribution in [2.24, 2.45) is 0 Å². The molecule has 0 atom stereocenters. The SMILES string of the molecule is Cc1cccn2c(=O)c(/C=C3\SC(=S)N(C(C)C)C3=O)c(Oc3ccccc3Cl)nc12. The normalized spacial score (nSPS) is 15.5. The topological polar surface area (TPSA) is 63.9 Å². The highest BCUT2D eigenvalue weighted by Crippen LogP contribution is 2.36. The number of ether oxygens (including phenoxy) is 1. The van der Waals surface area contributed by atoms with Gasteiger partial charge in [0.2, 0.25) is 5.88 Å². The summed E-state index contributed by atoms with van der Waals surface area (Å²) < 4.78 is 7.85. The molecule has 1 aliphatic rings. The van der Waals surface area contributed by atoms with Crippen LogP contribution in [0.2, 0.25) is 5.02 Å². The van der Waals surface area contributed by atoms with Crippen LogP contribution in [0.25, 0.3) is 11.7 Å². The molecule has 1 amide bonds. The number of halogens is 1. The lowest BCUT2D eigenvalue weighted by Crippen LogP contribution is -2.34. The van der Waals surface area contributed by atoms with Gasteiger partial charge in [0.15, 0.2) is 0 Å². The van der Waals surface area contributed by atoms with Crippen molar-refractivity contribution in [3.63, 3.8) is 0 Å². The summed E-state index contributed by atoms with van der Waals surface area (Å²) >= 11 is 12.7. The number of aromatic nitrogens is 2. The van der Waals surface area contributed by atoms with Gasteiger partial charge in [0.05, 0.1) is 9.93 Å². The lowest BCUT2D eigenvalue weighted by molar-refractivity contribution is -0.123. The molecule has 0 N–H and O–H groups in total. The maximum atomic E-state index is 13.4. The summed E-state index contributed by atoms with van der Waals surface area (Å²) in [5.74, 6) is 0.183. The zero-order valence-electron chi connectivity index (χ0n) is 17.0. The second-order valence-corrected chi connectivity index (χ2v) is 9.28. The number of fused-ring (bicyclic) bond motifs is 1. The van der Waals surface area contributed by atoms with Crippen molar-refractivity contribution < 1.29 is 9.53 Å². The van der Waals surface area contributed by atoms with Crippen LogP contribution in [0.15, 0.2) is 52.3 Å². The number of thiocarbonyl (C=S) groups is 1. The number of para-hydroxylation sites is 1.